The first-order chi connectivity index (χ1) is 7.25. The van der Waals surface area contributed by atoms with Crippen LogP contribution in [0.5, 0.6) is 0 Å². The third-order valence-corrected chi connectivity index (χ3v) is 3.28. The predicted molar refractivity (Wildman–Crippen MR) is 67.7 cm³/mol. The van der Waals surface area contributed by atoms with Gasteiger partial charge in [0, 0.05) is 23.8 Å². The quantitative estimate of drug-likeness (QED) is 0.737. The molecule has 0 radical (unpaired) electrons. The summed E-state index contributed by atoms with van der Waals surface area (Å²) < 4.78 is 6.46. The Kier molecular flexibility index (Phi) is 3.99. The van der Waals surface area contributed by atoms with E-state index in [2.05, 4.69) is 41.7 Å². The zero-order chi connectivity index (χ0) is 10.7. The Balaban J connectivity index is 2.11. The van der Waals surface area contributed by atoms with Gasteiger partial charge in [-0.25, -0.2) is 4.98 Å². The zero-order valence-electron chi connectivity index (χ0n) is 8.20. The third-order valence-electron chi connectivity index (χ3n) is 2.26. The Morgan fingerprint density at radius 3 is 3.07 bits per heavy atom. The number of hydrogen-bond donors (Lipinski definition) is 0. The van der Waals surface area contributed by atoms with Gasteiger partial charge in [0.25, 0.3) is 0 Å². The van der Waals surface area contributed by atoms with Crippen molar-refractivity contribution in [3.05, 3.63) is 22.8 Å². The third kappa shape index (κ3) is 3.16. The Morgan fingerprint density at radius 2 is 2.33 bits per heavy atom. The van der Waals surface area contributed by atoms with Gasteiger partial charge in [0.2, 0.25) is 0 Å². The van der Waals surface area contributed by atoms with Crippen molar-refractivity contribution in [1.82, 2.24) is 4.98 Å². The van der Waals surface area contributed by atoms with Gasteiger partial charge in [-0.15, -0.1) is 0 Å². The molecule has 0 amide bonds. The average molecular weight is 336 g/mol. The van der Waals surface area contributed by atoms with E-state index < -0.39 is 0 Å². The van der Waals surface area contributed by atoms with Crippen LogP contribution >= 0.6 is 31.9 Å². The van der Waals surface area contributed by atoms with Crippen molar-refractivity contribution in [2.24, 2.45) is 0 Å². The van der Waals surface area contributed by atoms with E-state index in [1.165, 1.54) is 0 Å². The summed E-state index contributed by atoms with van der Waals surface area (Å²) in [5, 5.41) is 0. The van der Waals surface area contributed by atoms with Crippen molar-refractivity contribution in [3.63, 3.8) is 0 Å². The monoisotopic (exact) mass is 334 g/mol. The fourth-order valence-corrected chi connectivity index (χ4v) is 2.30. The summed E-state index contributed by atoms with van der Waals surface area (Å²) in [6, 6.07) is 4.03. The van der Waals surface area contributed by atoms with E-state index in [0.29, 0.717) is 4.83 Å². The van der Waals surface area contributed by atoms with Crippen molar-refractivity contribution in [3.8, 4) is 0 Å². The molecule has 1 aliphatic rings. The van der Waals surface area contributed by atoms with Crippen molar-refractivity contribution < 1.29 is 4.74 Å². The molecule has 1 unspecified atom stereocenters. The first-order valence-electron chi connectivity index (χ1n) is 4.84. The van der Waals surface area contributed by atoms with Crippen LogP contribution in [0.15, 0.2) is 22.8 Å². The lowest BCUT2D eigenvalue weighted by atomic mass is 10.3. The number of nitrogens with zero attached hydrogens (tertiary/aromatic N) is 2. The van der Waals surface area contributed by atoms with Crippen molar-refractivity contribution in [2.75, 3.05) is 31.2 Å². The maximum absolute atomic E-state index is 5.46. The molecule has 1 atom stereocenters. The smallest absolute Gasteiger partial charge is 0.128 e. The molecule has 5 heteroatoms. The molecular formula is C10H12Br2N2O. The van der Waals surface area contributed by atoms with Crippen LogP contribution in [0.1, 0.15) is 0 Å². The van der Waals surface area contributed by atoms with Gasteiger partial charge in [0.15, 0.2) is 0 Å². The van der Waals surface area contributed by atoms with Gasteiger partial charge < -0.3 is 9.64 Å². The van der Waals surface area contributed by atoms with Crippen LogP contribution < -0.4 is 4.90 Å². The maximum atomic E-state index is 5.46. The molecule has 0 saturated carbocycles. The highest BCUT2D eigenvalue weighted by molar-refractivity contribution is 9.10. The molecule has 3 nitrogen and oxygen atoms in total. The van der Waals surface area contributed by atoms with E-state index in [0.717, 1.165) is 36.6 Å². The van der Waals surface area contributed by atoms with Crippen molar-refractivity contribution >= 4 is 37.7 Å². The molecule has 0 aliphatic carbocycles. The summed E-state index contributed by atoms with van der Waals surface area (Å²) >= 11 is 6.97. The first-order valence-corrected chi connectivity index (χ1v) is 6.55. The van der Waals surface area contributed by atoms with E-state index in [4.69, 9.17) is 4.74 Å². The molecular weight excluding hydrogens is 324 g/mol. The number of aromatic nitrogens is 1. The second kappa shape index (κ2) is 5.27. The Morgan fingerprint density at radius 1 is 1.47 bits per heavy atom. The molecule has 2 rings (SSSR count). The Hall–Kier alpha value is -0.130. The molecule has 1 aliphatic heterocycles. The number of pyridine rings is 1. The standard InChI is InChI=1S/C10H12Br2N2O/c11-8-1-2-10(13-5-8)14-3-4-15-7-9(12)6-14/h1-2,5,9H,3-4,6-7H2. The van der Waals surface area contributed by atoms with Gasteiger partial charge >= 0.3 is 0 Å². The SMILES string of the molecule is Brc1ccc(N2CCOCC(Br)C2)nc1. The van der Waals surface area contributed by atoms with E-state index in [1.807, 2.05) is 18.3 Å². The molecule has 15 heavy (non-hydrogen) atoms. The van der Waals surface area contributed by atoms with Gasteiger partial charge in [0.05, 0.1) is 18.0 Å². The maximum Gasteiger partial charge on any atom is 0.128 e. The molecule has 1 saturated heterocycles. The fourth-order valence-electron chi connectivity index (χ4n) is 1.53. The molecule has 2 heterocycles. The van der Waals surface area contributed by atoms with Crippen LogP contribution in [0.2, 0.25) is 0 Å². The van der Waals surface area contributed by atoms with Gasteiger partial charge in [-0.05, 0) is 28.1 Å². The van der Waals surface area contributed by atoms with E-state index in [-0.39, 0.29) is 0 Å². The lowest BCUT2D eigenvalue weighted by Crippen LogP contribution is -2.30. The van der Waals surface area contributed by atoms with Crippen molar-refractivity contribution in [1.29, 1.82) is 0 Å². The number of ether oxygens (including phenoxy) is 1. The fraction of sp³-hybridized carbons (Fsp3) is 0.500. The van der Waals surface area contributed by atoms with Gasteiger partial charge in [0.1, 0.15) is 5.82 Å². The van der Waals surface area contributed by atoms with Crippen molar-refractivity contribution in [2.45, 2.75) is 4.83 Å². The van der Waals surface area contributed by atoms with Gasteiger partial charge in [-0.2, -0.15) is 0 Å². The summed E-state index contributed by atoms with van der Waals surface area (Å²) in [7, 11) is 0. The summed E-state index contributed by atoms with van der Waals surface area (Å²) in [6.45, 7) is 3.37. The normalized spacial score (nSPS) is 22.5. The Bertz CT molecular complexity index is 318. The van der Waals surface area contributed by atoms with Crippen LogP contribution in [0.25, 0.3) is 0 Å². The zero-order valence-corrected chi connectivity index (χ0v) is 11.4. The van der Waals surface area contributed by atoms with Crippen LogP contribution in [0.3, 0.4) is 0 Å². The highest BCUT2D eigenvalue weighted by Gasteiger charge is 2.16. The lowest BCUT2D eigenvalue weighted by molar-refractivity contribution is 0.156. The molecule has 1 aromatic heterocycles. The number of rotatable bonds is 1. The van der Waals surface area contributed by atoms with Crippen LogP contribution in [0, 0.1) is 0 Å². The highest BCUT2D eigenvalue weighted by atomic mass is 79.9. The minimum atomic E-state index is 0.380. The number of hydrogen-bond acceptors (Lipinski definition) is 3. The minimum Gasteiger partial charge on any atom is -0.378 e. The largest absolute Gasteiger partial charge is 0.378 e. The molecule has 1 fully saturated rings. The molecule has 0 spiro atoms. The van der Waals surface area contributed by atoms with Crippen LogP contribution in [0.4, 0.5) is 5.82 Å². The molecule has 0 bridgehead atoms. The van der Waals surface area contributed by atoms with E-state index in [9.17, 15) is 0 Å². The summed E-state index contributed by atoms with van der Waals surface area (Å²) in [5.74, 6) is 1.01. The van der Waals surface area contributed by atoms with Crippen LogP contribution in [-0.4, -0.2) is 36.1 Å². The van der Waals surface area contributed by atoms with E-state index >= 15 is 0 Å². The molecule has 0 N–H and O–H groups in total. The highest BCUT2D eigenvalue weighted by Crippen LogP contribution is 2.17. The minimum absolute atomic E-state index is 0.380. The van der Waals surface area contributed by atoms with Gasteiger partial charge in [-0.1, -0.05) is 15.9 Å². The lowest BCUT2D eigenvalue weighted by Gasteiger charge is -2.22. The number of alkyl halides is 1. The summed E-state index contributed by atoms with van der Waals surface area (Å²) in [6.07, 6.45) is 1.82. The Labute approximate surface area is 106 Å². The molecule has 82 valence electrons. The summed E-state index contributed by atoms with van der Waals surface area (Å²) in [5.41, 5.74) is 0. The molecule has 0 aromatic carbocycles. The van der Waals surface area contributed by atoms with Gasteiger partial charge in [-0.3, -0.25) is 0 Å². The second-order valence-electron chi connectivity index (χ2n) is 3.45. The number of halogens is 2. The molecule has 1 aromatic rings. The van der Waals surface area contributed by atoms with E-state index in [1.54, 1.807) is 0 Å². The average Bonchev–Trinajstić information content (AvgIpc) is 2.44. The second-order valence-corrected chi connectivity index (χ2v) is 5.66. The number of anilines is 1. The van der Waals surface area contributed by atoms with Crippen LogP contribution in [-0.2, 0) is 4.74 Å². The summed E-state index contributed by atoms with van der Waals surface area (Å²) in [4.78, 5) is 7.00. The topological polar surface area (TPSA) is 25.4 Å². The predicted octanol–water partition coefficient (Wildman–Crippen LogP) is 2.44. The first kappa shape index (κ1) is 11.4.